The molecule has 3 heterocycles. The van der Waals surface area contributed by atoms with Gasteiger partial charge < -0.3 is 23.7 Å². The van der Waals surface area contributed by atoms with Gasteiger partial charge in [0.2, 0.25) is 5.91 Å². The van der Waals surface area contributed by atoms with Crippen LogP contribution in [0.2, 0.25) is 0 Å². The van der Waals surface area contributed by atoms with Gasteiger partial charge in [0.05, 0.1) is 19.8 Å². The summed E-state index contributed by atoms with van der Waals surface area (Å²) in [6, 6.07) is 17.2. The number of rotatable bonds is 6. The fourth-order valence-corrected chi connectivity index (χ4v) is 4.44. The SMILES string of the molecule is O=C(CN1CCN(C(=O)c2oc3ccccc3c2COc2ccccc2)CC1)N1CCOCC1. The van der Waals surface area contributed by atoms with Crippen molar-refractivity contribution in [3.63, 3.8) is 0 Å². The average Bonchev–Trinajstić information content (AvgIpc) is 3.27. The summed E-state index contributed by atoms with van der Waals surface area (Å²) in [5.41, 5.74) is 1.43. The van der Waals surface area contributed by atoms with Crippen molar-refractivity contribution in [2.75, 3.05) is 59.0 Å². The number of carbonyl (C=O) groups excluding carboxylic acids is 2. The van der Waals surface area contributed by atoms with Gasteiger partial charge in [-0.15, -0.1) is 0 Å². The van der Waals surface area contributed by atoms with Gasteiger partial charge in [0.1, 0.15) is 17.9 Å². The third kappa shape index (κ3) is 4.93. The predicted octanol–water partition coefficient (Wildman–Crippen LogP) is 2.63. The number of carbonyl (C=O) groups is 2. The first-order valence-electron chi connectivity index (χ1n) is 11.7. The predicted molar refractivity (Wildman–Crippen MR) is 127 cm³/mol. The second-order valence-electron chi connectivity index (χ2n) is 8.57. The Labute approximate surface area is 198 Å². The van der Waals surface area contributed by atoms with Gasteiger partial charge in [0.25, 0.3) is 5.91 Å². The van der Waals surface area contributed by atoms with Gasteiger partial charge in [-0.1, -0.05) is 36.4 Å². The van der Waals surface area contributed by atoms with Gasteiger partial charge >= 0.3 is 0 Å². The van der Waals surface area contributed by atoms with Crippen LogP contribution in [0, 0.1) is 0 Å². The average molecular weight is 464 g/mol. The molecule has 5 rings (SSSR count). The van der Waals surface area contributed by atoms with E-state index in [1.807, 2.05) is 59.5 Å². The van der Waals surface area contributed by atoms with E-state index in [0.717, 1.165) is 16.7 Å². The Morgan fingerprint density at radius 2 is 1.53 bits per heavy atom. The minimum atomic E-state index is -0.137. The second kappa shape index (κ2) is 10.3. The van der Waals surface area contributed by atoms with Crippen LogP contribution in [-0.2, 0) is 16.1 Å². The molecule has 1 aromatic heterocycles. The Morgan fingerprint density at radius 3 is 2.29 bits per heavy atom. The van der Waals surface area contributed by atoms with Crippen molar-refractivity contribution >= 4 is 22.8 Å². The standard InChI is InChI=1S/C26H29N3O5/c30-24(28-14-16-32-17-15-28)18-27-10-12-29(13-11-27)26(31)25-22(19-33-20-6-2-1-3-7-20)21-8-4-5-9-23(21)34-25/h1-9H,10-19H2. The molecule has 2 aliphatic heterocycles. The van der Waals surface area contributed by atoms with Crippen molar-refractivity contribution in [3.8, 4) is 5.75 Å². The largest absolute Gasteiger partial charge is 0.489 e. The Hall–Kier alpha value is -3.36. The summed E-state index contributed by atoms with van der Waals surface area (Å²) in [7, 11) is 0. The molecule has 2 saturated heterocycles. The zero-order valence-electron chi connectivity index (χ0n) is 19.2. The lowest BCUT2D eigenvalue weighted by Crippen LogP contribution is -2.52. The molecule has 3 aromatic rings. The molecule has 2 fully saturated rings. The number of nitrogens with zero attached hydrogens (tertiary/aromatic N) is 3. The van der Waals surface area contributed by atoms with Crippen molar-refractivity contribution in [2.24, 2.45) is 0 Å². The number of fused-ring (bicyclic) bond motifs is 1. The lowest BCUT2D eigenvalue weighted by atomic mass is 10.1. The highest BCUT2D eigenvalue weighted by Crippen LogP contribution is 2.28. The van der Waals surface area contributed by atoms with Gasteiger partial charge in [-0.25, -0.2) is 0 Å². The van der Waals surface area contributed by atoms with Gasteiger partial charge in [-0.2, -0.15) is 0 Å². The number of piperazine rings is 1. The maximum atomic E-state index is 13.4. The van der Waals surface area contributed by atoms with E-state index in [1.165, 1.54) is 0 Å². The van der Waals surface area contributed by atoms with Crippen molar-refractivity contribution < 1.29 is 23.5 Å². The third-order valence-electron chi connectivity index (χ3n) is 6.40. The first-order valence-corrected chi connectivity index (χ1v) is 11.7. The first-order chi connectivity index (χ1) is 16.7. The molecule has 0 atom stereocenters. The second-order valence-corrected chi connectivity index (χ2v) is 8.57. The molecule has 178 valence electrons. The molecule has 0 bridgehead atoms. The Morgan fingerprint density at radius 1 is 0.824 bits per heavy atom. The molecule has 8 heteroatoms. The fourth-order valence-electron chi connectivity index (χ4n) is 4.44. The monoisotopic (exact) mass is 463 g/mol. The topological polar surface area (TPSA) is 75.5 Å². The molecule has 0 saturated carbocycles. The van der Waals surface area contributed by atoms with Gasteiger partial charge in [-0.05, 0) is 18.2 Å². The summed E-state index contributed by atoms with van der Waals surface area (Å²) in [6.45, 7) is 5.52. The number of para-hydroxylation sites is 2. The van der Waals surface area contributed by atoms with E-state index >= 15 is 0 Å². The molecule has 0 aliphatic carbocycles. The number of amides is 2. The molecule has 0 N–H and O–H groups in total. The highest BCUT2D eigenvalue weighted by Gasteiger charge is 2.29. The summed E-state index contributed by atoms with van der Waals surface area (Å²) < 4.78 is 17.3. The van der Waals surface area contributed by atoms with Crippen LogP contribution in [0.15, 0.2) is 59.0 Å². The number of morpholine rings is 1. The molecule has 2 amide bonds. The van der Waals surface area contributed by atoms with Crippen molar-refractivity contribution in [2.45, 2.75) is 6.61 Å². The lowest BCUT2D eigenvalue weighted by Gasteiger charge is -2.35. The van der Waals surface area contributed by atoms with Crippen molar-refractivity contribution in [3.05, 3.63) is 65.9 Å². The minimum absolute atomic E-state index is 0.126. The van der Waals surface area contributed by atoms with Crippen LogP contribution < -0.4 is 4.74 Å². The summed E-state index contributed by atoms with van der Waals surface area (Å²) in [6.07, 6.45) is 0. The van der Waals surface area contributed by atoms with E-state index in [1.54, 1.807) is 4.90 Å². The zero-order chi connectivity index (χ0) is 23.3. The minimum Gasteiger partial charge on any atom is -0.489 e. The highest BCUT2D eigenvalue weighted by atomic mass is 16.5. The van der Waals surface area contributed by atoms with E-state index < -0.39 is 0 Å². The molecule has 2 aromatic carbocycles. The zero-order valence-corrected chi connectivity index (χ0v) is 19.2. The van der Waals surface area contributed by atoms with Crippen LogP contribution in [-0.4, -0.2) is 85.5 Å². The fraction of sp³-hybridized carbons (Fsp3) is 0.385. The third-order valence-corrected chi connectivity index (χ3v) is 6.40. The van der Waals surface area contributed by atoms with Crippen LogP contribution >= 0.6 is 0 Å². The molecule has 34 heavy (non-hydrogen) atoms. The van der Waals surface area contributed by atoms with Gasteiger partial charge in [-0.3, -0.25) is 14.5 Å². The Bertz CT molecular complexity index is 1130. The summed E-state index contributed by atoms with van der Waals surface area (Å²) >= 11 is 0. The lowest BCUT2D eigenvalue weighted by molar-refractivity contribution is -0.136. The number of benzene rings is 2. The molecular formula is C26H29N3O5. The number of furan rings is 1. The van der Waals surface area contributed by atoms with Crippen LogP contribution in [0.4, 0.5) is 0 Å². The Kier molecular flexibility index (Phi) is 6.78. The van der Waals surface area contributed by atoms with E-state index in [0.29, 0.717) is 70.4 Å². The summed E-state index contributed by atoms with van der Waals surface area (Å²) in [5, 5.41) is 0.886. The molecule has 8 nitrogen and oxygen atoms in total. The maximum Gasteiger partial charge on any atom is 0.290 e. The Balaban J connectivity index is 1.25. The van der Waals surface area contributed by atoms with Crippen molar-refractivity contribution in [1.29, 1.82) is 0 Å². The summed E-state index contributed by atoms with van der Waals surface area (Å²) in [5.74, 6) is 1.06. The molecule has 0 radical (unpaired) electrons. The molecule has 0 unspecified atom stereocenters. The number of hydrogen-bond acceptors (Lipinski definition) is 6. The van der Waals surface area contributed by atoms with E-state index in [9.17, 15) is 9.59 Å². The number of hydrogen-bond donors (Lipinski definition) is 0. The van der Waals surface area contributed by atoms with Crippen LogP contribution in [0.25, 0.3) is 11.0 Å². The van der Waals surface area contributed by atoms with Crippen LogP contribution in [0.1, 0.15) is 16.1 Å². The smallest absolute Gasteiger partial charge is 0.290 e. The number of ether oxygens (including phenoxy) is 2. The highest BCUT2D eigenvalue weighted by molar-refractivity contribution is 5.99. The van der Waals surface area contributed by atoms with E-state index in [-0.39, 0.29) is 18.4 Å². The van der Waals surface area contributed by atoms with Gasteiger partial charge in [0.15, 0.2) is 5.76 Å². The first kappa shape index (κ1) is 22.4. The molecule has 2 aliphatic rings. The van der Waals surface area contributed by atoms with E-state index in [2.05, 4.69) is 4.90 Å². The van der Waals surface area contributed by atoms with Crippen LogP contribution in [0.5, 0.6) is 5.75 Å². The van der Waals surface area contributed by atoms with Crippen molar-refractivity contribution in [1.82, 2.24) is 14.7 Å². The van der Waals surface area contributed by atoms with Gasteiger partial charge in [0, 0.05) is 50.2 Å². The molecule has 0 spiro atoms. The quantitative estimate of drug-likeness (QED) is 0.560. The normalized spacial score (nSPS) is 17.2. The van der Waals surface area contributed by atoms with Crippen LogP contribution in [0.3, 0.4) is 0 Å². The maximum absolute atomic E-state index is 13.4. The molecular weight excluding hydrogens is 434 g/mol. The van der Waals surface area contributed by atoms with E-state index in [4.69, 9.17) is 13.9 Å². The summed E-state index contributed by atoms with van der Waals surface area (Å²) in [4.78, 5) is 31.8.